The van der Waals surface area contributed by atoms with Gasteiger partial charge in [0, 0.05) is 6.04 Å². The monoisotopic (exact) mass is 427 g/mol. The molecule has 1 saturated carbocycles. The molecule has 1 aliphatic carbocycles. The number of nitrogens with two attached hydrogens (primary N) is 1. The largest absolute Gasteiger partial charge is 0.382 e. The molecular formula is C15H15BrFN5O2S. The van der Waals surface area contributed by atoms with Gasteiger partial charge in [-0.15, -0.1) is 0 Å². The lowest BCUT2D eigenvalue weighted by atomic mass is 9.93. The quantitative estimate of drug-likeness (QED) is 0.416. The van der Waals surface area contributed by atoms with Crippen molar-refractivity contribution in [3.05, 3.63) is 34.2 Å². The summed E-state index contributed by atoms with van der Waals surface area (Å²) in [5, 5.41) is 10.8. The Morgan fingerprint density at radius 3 is 2.96 bits per heavy atom. The first kappa shape index (κ1) is 17.9. The van der Waals surface area contributed by atoms with Crippen LogP contribution in [0.15, 0.2) is 37.3 Å². The molecule has 132 valence electrons. The average molecular weight is 428 g/mol. The zero-order valence-electron chi connectivity index (χ0n) is 13.0. The van der Waals surface area contributed by atoms with Crippen LogP contribution in [-0.4, -0.2) is 33.9 Å². The van der Waals surface area contributed by atoms with E-state index in [1.807, 2.05) is 0 Å². The first-order valence-corrected chi connectivity index (χ1v) is 9.35. The first-order valence-electron chi connectivity index (χ1n) is 7.57. The van der Waals surface area contributed by atoms with E-state index in [0.717, 1.165) is 19.3 Å². The topological polar surface area (TPSA) is 106 Å². The standard InChI is InChI=1S/C15H15BrFN5O2S/c16-10-6-9(4-5-11(10)17)20-14(18)13-15(22-24-21-13)25-7-12(23)19-8-2-1-3-8/h4-6,8H,1-3,7H2,(H2,18,20)(H,19,23). The van der Waals surface area contributed by atoms with Gasteiger partial charge in [-0.2, -0.15) is 0 Å². The Morgan fingerprint density at radius 1 is 1.48 bits per heavy atom. The maximum absolute atomic E-state index is 13.3. The number of aliphatic imine (C=N–C) groups is 1. The van der Waals surface area contributed by atoms with Gasteiger partial charge in [0.05, 0.1) is 15.9 Å². The molecule has 7 nitrogen and oxygen atoms in total. The van der Waals surface area contributed by atoms with Crippen LogP contribution >= 0.6 is 27.7 Å². The summed E-state index contributed by atoms with van der Waals surface area (Å²) in [6.07, 6.45) is 3.21. The van der Waals surface area contributed by atoms with Crippen molar-refractivity contribution in [2.45, 2.75) is 30.3 Å². The minimum Gasteiger partial charge on any atom is -0.382 e. The Balaban J connectivity index is 1.66. The molecule has 2 aromatic rings. The molecule has 1 fully saturated rings. The second kappa shape index (κ2) is 7.96. The molecule has 3 N–H and O–H groups in total. The number of amides is 1. The van der Waals surface area contributed by atoms with Crippen LogP contribution in [0.3, 0.4) is 0 Å². The van der Waals surface area contributed by atoms with E-state index in [1.54, 1.807) is 0 Å². The summed E-state index contributed by atoms with van der Waals surface area (Å²) >= 11 is 4.26. The number of nitrogens with zero attached hydrogens (tertiary/aromatic N) is 3. The van der Waals surface area contributed by atoms with E-state index in [1.165, 1.54) is 30.0 Å². The number of thioether (sulfide) groups is 1. The lowest BCUT2D eigenvalue weighted by Crippen LogP contribution is -2.40. The van der Waals surface area contributed by atoms with Crippen molar-refractivity contribution in [1.82, 2.24) is 15.6 Å². The fourth-order valence-electron chi connectivity index (χ4n) is 2.13. The summed E-state index contributed by atoms with van der Waals surface area (Å²) in [5.74, 6) is -0.203. The SMILES string of the molecule is NC(=Nc1ccc(F)c(Br)c1)c1nonc1SCC(=O)NC1CCC1. The Kier molecular flexibility index (Phi) is 5.69. The third kappa shape index (κ3) is 4.57. The maximum Gasteiger partial charge on any atom is 0.230 e. The zero-order chi connectivity index (χ0) is 17.8. The van der Waals surface area contributed by atoms with E-state index < -0.39 is 5.82 Å². The van der Waals surface area contributed by atoms with Crippen LogP contribution in [0.1, 0.15) is 25.0 Å². The Morgan fingerprint density at radius 2 is 2.28 bits per heavy atom. The number of hydrogen-bond acceptors (Lipinski definition) is 6. The van der Waals surface area contributed by atoms with E-state index in [2.05, 4.69) is 36.6 Å². The summed E-state index contributed by atoms with van der Waals surface area (Å²) in [6.45, 7) is 0. The lowest BCUT2D eigenvalue weighted by Gasteiger charge is -2.26. The highest BCUT2D eigenvalue weighted by Gasteiger charge is 2.21. The summed E-state index contributed by atoms with van der Waals surface area (Å²) in [6, 6.07) is 4.54. The van der Waals surface area contributed by atoms with E-state index in [-0.39, 0.29) is 33.7 Å². The number of carbonyl (C=O) groups is 1. The number of benzene rings is 1. The first-order chi connectivity index (χ1) is 12.0. The number of rotatable bonds is 6. The van der Waals surface area contributed by atoms with Crippen molar-refractivity contribution >= 4 is 45.1 Å². The minimum atomic E-state index is -0.394. The van der Waals surface area contributed by atoms with Crippen molar-refractivity contribution in [2.75, 3.05) is 5.75 Å². The third-order valence-corrected chi connectivity index (χ3v) is 5.22. The van der Waals surface area contributed by atoms with Gasteiger partial charge in [-0.1, -0.05) is 11.8 Å². The van der Waals surface area contributed by atoms with Gasteiger partial charge in [-0.3, -0.25) is 4.79 Å². The van der Waals surface area contributed by atoms with E-state index in [0.29, 0.717) is 10.7 Å². The van der Waals surface area contributed by atoms with Gasteiger partial charge in [0.25, 0.3) is 0 Å². The molecule has 0 bridgehead atoms. The fraction of sp³-hybridized carbons (Fsp3) is 0.333. The van der Waals surface area contributed by atoms with Gasteiger partial charge in [0.15, 0.2) is 16.6 Å². The number of aromatic nitrogens is 2. The van der Waals surface area contributed by atoms with Gasteiger partial charge in [-0.25, -0.2) is 14.0 Å². The van der Waals surface area contributed by atoms with Gasteiger partial charge in [0.2, 0.25) is 5.91 Å². The van der Waals surface area contributed by atoms with Gasteiger partial charge in [0.1, 0.15) is 5.82 Å². The van der Waals surface area contributed by atoms with Crippen LogP contribution in [0.25, 0.3) is 0 Å². The summed E-state index contributed by atoms with van der Waals surface area (Å²) in [4.78, 5) is 16.1. The molecule has 3 rings (SSSR count). The smallest absolute Gasteiger partial charge is 0.230 e. The zero-order valence-corrected chi connectivity index (χ0v) is 15.4. The summed E-state index contributed by atoms with van der Waals surface area (Å²) in [5.41, 5.74) is 6.65. The van der Waals surface area contributed by atoms with E-state index in [4.69, 9.17) is 10.4 Å². The Hall–Kier alpha value is -1.94. The minimum absolute atomic E-state index is 0.0679. The molecule has 0 radical (unpaired) electrons. The van der Waals surface area contributed by atoms with Gasteiger partial charge in [-0.05, 0) is 63.7 Å². The van der Waals surface area contributed by atoms with Crippen molar-refractivity contribution in [1.29, 1.82) is 0 Å². The summed E-state index contributed by atoms with van der Waals surface area (Å²) < 4.78 is 18.3. The molecule has 0 saturated heterocycles. The molecule has 0 spiro atoms. The molecule has 25 heavy (non-hydrogen) atoms. The molecule has 1 heterocycles. The molecule has 10 heteroatoms. The average Bonchev–Trinajstić information content (AvgIpc) is 3.01. The summed E-state index contributed by atoms with van der Waals surface area (Å²) in [7, 11) is 0. The molecule has 1 aromatic heterocycles. The molecule has 1 aromatic carbocycles. The highest BCUT2D eigenvalue weighted by Crippen LogP contribution is 2.24. The van der Waals surface area contributed by atoms with Gasteiger partial charge < -0.3 is 11.1 Å². The predicted molar refractivity (Wildman–Crippen MR) is 95.3 cm³/mol. The fourth-order valence-corrected chi connectivity index (χ4v) is 3.22. The van der Waals surface area contributed by atoms with Crippen molar-refractivity contribution in [3.63, 3.8) is 0 Å². The maximum atomic E-state index is 13.3. The van der Waals surface area contributed by atoms with Crippen LogP contribution in [0.2, 0.25) is 0 Å². The second-order valence-corrected chi connectivity index (χ2v) is 7.32. The lowest BCUT2D eigenvalue weighted by molar-refractivity contribution is -0.119. The normalized spacial score (nSPS) is 15.0. The van der Waals surface area contributed by atoms with Gasteiger partial charge >= 0.3 is 0 Å². The number of carbonyl (C=O) groups excluding carboxylic acids is 1. The van der Waals surface area contributed by atoms with Crippen molar-refractivity contribution in [3.8, 4) is 0 Å². The van der Waals surface area contributed by atoms with Crippen LogP contribution in [-0.2, 0) is 4.79 Å². The van der Waals surface area contributed by atoms with Crippen LogP contribution in [0.5, 0.6) is 0 Å². The third-order valence-electron chi connectivity index (χ3n) is 3.66. The van der Waals surface area contributed by atoms with E-state index in [9.17, 15) is 9.18 Å². The highest BCUT2D eigenvalue weighted by atomic mass is 79.9. The van der Waals surface area contributed by atoms with Crippen LogP contribution < -0.4 is 11.1 Å². The molecule has 0 atom stereocenters. The van der Waals surface area contributed by atoms with Crippen molar-refractivity contribution in [2.24, 2.45) is 10.7 Å². The number of halogens is 2. The number of nitrogens with one attached hydrogen (secondary N) is 1. The molecule has 1 aliphatic rings. The number of amidine groups is 1. The Labute approximate surface area is 155 Å². The second-order valence-electron chi connectivity index (χ2n) is 5.50. The number of hydrogen-bond donors (Lipinski definition) is 2. The molecular weight excluding hydrogens is 413 g/mol. The van der Waals surface area contributed by atoms with E-state index >= 15 is 0 Å². The highest BCUT2D eigenvalue weighted by molar-refractivity contribution is 9.10. The van der Waals surface area contributed by atoms with Crippen LogP contribution in [0, 0.1) is 5.82 Å². The van der Waals surface area contributed by atoms with Crippen molar-refractivity contribution < 1.29 is 13.8 Å². The van der Waals surface area contributed by atoms with Crippen LogP contribution in [0.4, 0.5) is 10.1 Å². The Bertz CT molecular complexity index is 809. The molecule has 0 unspecified atom stereocenters. The predicted octanol–water partition coefficient (Wildman–Crippen LogP) is 2.77. The molecule has 1 amide bonds. The molecule has 0 aliphatic heterocycles.